The summed E-state index contributed by atoms with van der Waals surface area (Å²) in [5, 5.41) is 17.6. The summed E-state index contributed by atoms with van der Waals surface area (Å²) < 4.78 is 35.2. The lowest BCUT2D eigenvalue weighted by molar-refractivity contribution is 0.0766. The van der Waals surface area contributed by atoms with Crippen molar-refractivity contribution in [3.63, 3.8) is 0 Å². The van der Waals surface area contributed by atoms with Crippen molar-refractivity contribution in [3.8, 4) is 5.75 Å². The summed E-state index contributed by atoms with van der Waals surface area (Å²) >= 11 is 3.79. The average molecular weight is 599 g/mol. The van der Waals surface area contributed by atoms with Gasteiger partial charge in [-0.2, -0.15) is 8.78 Å². The van der Waals surface area contributed by atoms with Crippen LogP contribution in [0.15, 0.2) is 53.3 Å². The Morgan fingerprint density at radius 2 is 2.14 bits per heavy atom. The topological polar surface area (TPSA) is 139 Å². The molecule has 0 unspecified atom stereocenters. The van der Waals surface area contributed by atoms with Crippen molar-refractivity contribution in [2.45, 2.75) is 18.5 Å². The lowest BCUT2D eigenvalue weighted by Crippen LogP contribution is -2.28. The van der Waals surface area contributed by atoms with E-state index in [9.17, 15) is 23.4 Å². The molecule has 0 saturated heterocycles. The number of rotatable bonds is 12. The molecule has 0 spiro atoms. The Bertz CT molecular complexity index is 1290. The number of aryl methyl sites for hydroxylation is 1. The van der Waals surface area contributed by atoms with E-state index >= 15 is 0 Å². The second kappa shape index (κ2) is 12.6. The number of hydrogen-bond donors (Lipinski definition) is 5. The van der Waals surface area contributed by atoms with Crippen LogP contribution >= 0.6 is 35.6 Å². The van der Waals surface area contributed by atoms with Gasteiger partial charge in [0, 0.05) is 34.0 Å². The van der Waals surface area contributed by atoms with Crippen LogP contribution in [0.3, 0.4) is 0 Å². The molecule has 36 heavy (non-hydrogen) atoms. The third-order valence-electron chi connectivity index (χ3n) is 4.90. The van der Waals surface area contributed by atoms with Gasteiger partial charge in [0.25, 0.3) is 5.91 Å². The minimum atomic E-state index is -3.88. The molecular formula is C23H22BrF2N4O4PS. The molecule has 1 amide bonds. The van der Waals surface area contributed by atoms with Crippen molar-refractivity contribution in [2.24, 2.45) is 0 Å². The molecular weight excluding hydrogens is 577 g/mol. The van der Waals surface area contributed by atoms with Gasteiger partial charge in [-0.3, -0.25) is 9.78 Å². The predicted octanol–water partition coefficient (Wildman–Crippen LogP) is 5.37. The number of nitrogens with one attached hydrogen (secondary N) is 3. The maximum Gasteiger partial charge on any atom is 0.349 e. The van der Waals surface area contributed by atoms with E-state index in [0.29, 0.717) is 28.9 Å². The van der Waals surface area contributed by atoms with Crippen LogP contribution in [0, 0.1) is 10.8 Å². The second-order valence-corrected chi connectivity index (χ2v) is 10.4. The minimum absolute atomic E-state index is 0.0559. The lowest BCUT2D eigenvalue weighted by Gasteiger charge is -2.15. The highest BCUT2D eigenvalue weighted by Crippen LogP contribution is 2.58. The van der Waals surface area contributed by atoms with E-state index < -0.39 is 24.8 Å². The maximum atomic E-state index is 14.5. The largest absolute Gasteiger partial charge is 0.492 e. The third kappa shape index (κ3) is 6.77. The zero-order chi connectivity index (χ0) is 26.3. The molecule has 13 heteroatoms. The molecule has 3 aromatic rings. The first kappa shape index (κ1) is 27.9. The summed E-state index contributed by atoms with van der Waals surface area (Å²) in [5.74, 6) is -0.348. The highest BCUT2D eigenvalue weighted by Gasteiger charge is 2.45. The lowest BCUT2D eigenvalue weighted by atomic mass is 10.1. The number of benzene rings is 1. The smallest absolute Gasteiger partial charge is 0.349 e. The first-order valence-electron chi connectivity index (χ1n) is 10.5. The Kier molecular flexibility index (Phi) is 9.75. The number of carbonyl (C=O) groups is 1. The van der Waals surface area contributed by atoms with Gasteiger partial charge in [-0.15, -0.1) is 11.3 Å². The van der Waals surface area contributed by atoms with Gasteiger partial charge in [0.15, 0.2) is 0 Å². The van der Waals surface area contributed by atoms with E-state index in [1.54, 1.807) is 12.4 Å². The van der Waals surface area contributed by atoms with Gasteiger partial charge in [-0.25, -0.2) is 0 Å². The van der Waals surface area contributed by atoms with Gasteiger partial charge >= 0.3 is 5.66 Å². The van der Waals surface area contributed by atoms with E-state index in [1.807, 2.05) is 12.1 Å². The van der Waals surface area contributed by atoms with E-state index in [4.69, 9.17) is 15.6 Å². The van der Waals surface area contributed by atoms with Gasteiger partial charge in [0.2, 0.25) is 8.38 Å². The highest BCUT2D eigenvalue weighted by molar-refractivity contribution is 9.10. The summed E-state index contributed by atoms with van der Waals surface area (Å²) in [7, 11) is -3.59. The highest BCUT2D eigenvalue weighted by atomic mass is 79.9. The molecule has 2 aromatic heterocycles. The number of nitrogens with zero attached hydrogens (tertiary/aromatic N) is 1. The number of fused-ring (bicyclic) bond motifs is 1. The normalized spacial score (nSPS) is 11.8. The van der Waals surface area contributed by atoms with Crippen LogP contribution in [-0.4, -0.2) is 45.8 Å². The molecule has 3 rings (SSSR count). The monoisotopic (exact) mass is 598 g/mol. The molecule has 190 valence electrons. The number of alkyl halides is 2. The summed E-state index contributed by atoms with van der Waals surface area (Å²) in [4.78, 5) is 34.8. The molecule has 5 N–H and O–H groups in total. The summed E-state index contributed by atoms with van der Waals surface area (Å²) in [6.07, 6.45) is 8.41. The number of hydrogen-bond acceptors (Lipinski definition) is 8. The molecule has 0 aliphatic heterocycles. The van der Waals surface area contributed by atoms with Crippen LogP contribution < -0.4 is 10.1 Å². The Morgan fingerprint density at radius 3 is 2.81 bits per heavy atom. The van der Waals surface area contributed by atoms with Crippen molar-refractivity contribution >= 4 is 63.6 Å². The molecule has 0 atom stereocenters. The summed E-state index contributed by atoms with van der Waals surface area (Å²) in [5.41, 5.74) is -2.68. The number of allylic oxidation sites excluding steroid dienone is 1. The fraction of sp³-hybridized carbons (Fsp3) is 0.217. The fourth-order valence-corrected chi connectivity index (χ4v) is 5.95. The first-order valence-corrected chi connectivity index (χ1v) is 13.4. The van der Waals surface area contributed by atoms with Crippen LogP contribution in [-0.2, 0) is 12.1 Å². The minimum Gasteiger partial charge on any atom is -0.492 e. The fourth-order valence-electron chi connectivity index (χ4n) is 3.17. The molecule has 1 aromatic carbocycles. The number of halogens is 3. The quantitative estimate of drug-likeness (QED) is 0.108. The van der Waals surface area contributed by atoms with E-state index in [1.165, 1.54) is 24.3 Å². The van der Waals surface area contributed by atoms with Gasteiger partial charge in [-0.1, -0.05) is 6.07 Å². The Balaban J connectivity index is 1.90. The van der Waals surface area contributed by atoms with Crippen LogP contribution in [0.25, 0.3) is 10.1 Å². The molecule has 0 aliphatic carbocycles. The van der Waals surface area contributed by atoms with Gasteiger partial charge < -0.3 is 30.7 Å². The summed E-state index contributed by atoms with van der Waals surface area (Å²) in [6.45, 7) is 0.137. The van der Waals surface area contributed by atoms with Crippen molar-refractivity contribution in [2.75, 3.05) is 13.2 Å². The average Bonchev–Trinajstić information content (AvgIpc) is 3.21. The van der Waals surface area contributed by atoms with Crippen LogP contribution in [0.4, 0.5) is 8.78 Å². The zero-order valence-corrected chi connectivity index (χ0v) is 22.0. The molecule has 2 heterocycles. The van der Waals surface area contributed by atoms with Gasteiger partial charge in [0.1, 0.15) is 5.75 Å². The van der Waals surface area contributed by atoms with Crippen molar-refractivity contribution in [1.82, 2.24) is 10.3 Å². The Morgan fingerprint density at radius 1 is 1.36 bits per heavy atom. The Hall–Kier alpha value is -2.63. The van der Waals surface area contributed by atoms with E-state index in [0.717, 1.165) is 11.8 Å². The first-order chi connectivity index (χ1) is 17.1. The number of amides is 1. The molecule has 8 nitrogen and oxygen atoms in total. The third-order valence-corrected chi connectivity index (χ3v) is 8.16. The van der Waals surface area contributed by atoms with E-state index in [-0.39, 0.29) is 40.0 Å². The molecule has 0 fully saturated rings. The predicted molar refractivity (Wildman–Crippen MR) is 141 cm³/mol. The molecule has 0 aliphatic rings. The van der Waals surface area contributed by atoms with Crippen LogP contribution in [0.2, 0.25) is 0 Å². The number of pyridine rings is 1. The number of aromatic nitrogens is 1. The van der Waals surface area contributed by atoms with Crippen LogP contribution in [0.1, 0.15) is 27.2 Å². The summed E-state index contributed by atoms with van der Waals surface area (Å²) in [6, 6.07) is 6.59. The second-order valence-electron chi connectivity index (χ2n) is 7.47. The van der Waals surface area contributed by atoms with Crippen LogP contribution in [0.5, 0.6) is 5.75 Å². The van der Waals surface area contributed by atoms with Gasteiger partial charge in [-0.05, 0) is 64.7 Å². The van der Waals surface area contributed by atoms with Crippen molar-refractivity contribution < 1.29 is 28.1 Å². The van der Waals surface area contributed by atoms with Gasteiger partial charge in [0.05, 0.1) is 28.4 Å². The van der Waals surface area contributed by atoms with E-state index in [2.05, 4.69) is 26.2 Å². The SMILES string of the molecule is N=C/C=C\C(=N)CNC(=O)c1cc(OCCCc2cccnc2)c2sc(C(F)(F)P(O)O)c(Br)c2c1. The molecule has 0 bridgehead atoms. The molecule has 0 radical (unpaired) electrons. The standard InChI is InChI=1S/C23H22BrF2N4O4PS/c24-19-17-10-15(22(31)30-13-16(28)6-1-7-27)11-18(20(17)36-21(19)23(25,26)35(32)33)34-9-3-5-14-4-2-8-29-12-14/h1-2,4,6-8,10-12,27-28,32-33H,3,5,9,13H2,(H,30,31)/b6-1-,27-7?,28-16?. The maximum absolute atomic E-state index is 14.5. The Labute approximate surface area is 219 Å². The van der Waals surface area contributed by atoms with Crippen molar-refractivity contribution in [3.05, 3.63) is 69.3 Å². The number of ether oxygens (including phenoxy) is 1. The zero-order valence-electron chi connectivity index (χ0n) is 18.7. The number of carbonyl (C=O) groups excluding carboxylic acids is 1. The number of thiophene rings is 1. The molecule has 0 saturated carbocycles. The van der Waals surface area contributed by atoms with Crippen molar-refractivity contribution in [1.29, 1.82) is 10.8 Å².